The van der Waals surface area contributed by atoms with E-state index in [1.807, 2.05) is 42.7 Å². The zero-order valence-corrected chi connectivity index (χ0v) is 16.8. The number of halogens is 1. The van der Waals surface area contributed by atoms with Crippen LogP contribution in [-0.2, 0) is 6.54 Å². The summed E-state index contributed by atoms with van der Waals surface area (Å²) < 4.78 is 2.00. The third-order valence-corrected chi connectivity index (χ3v) is 5.63. The van der Waals surface area contributed by atoms with Crippen LogP contribution in [0.4, 0.5) is 0 Å². The fourth-order valence-electron chi connectivity index (χ4n) is 3.97. The molecule has 0 saturated carbocycles. The lowest BCUT2D eigenvalue weighted by atomic mass is 9.97. The van der Waals surface area contributed by atoms with Crippen molar-refractivity contribution < 1.29 is 9.90 Å². The molecule has 2 N–H and O–H groups in total. The van der Waals surface area contributed by atoms with Crippen molar-refractivity contribution in [2.24, 2.45) is 0 Å². The molecule has 3 rings (SSSR count). The number of hydrogen-bond acceptors (Lipinski definition) is 2. The highest BCUT2D eigenvalue weighted by atomic mass is 35.5. The van der Waals surface area contributed by atoms with Gasteiger partial charge < -0.3 is 15.0 Å². The van der Waals surface area contributed by atoms with Crippen molar-refractivity contribution in [3.8, 4) is 5.69 Å². The quantitative estimate of drug-likeness (QED) is 0.493. The first-order chi connectivity index (χ1) is 13.0. The Morgan fingerprint density at radius 1 is 1.19 bits per heavy atom. The molecule has 0 spiro atoms. The third-order valence-electron chi connectivity index (χ3n) is 5.38. The molecule has 0 aliphatic heterocycles. The number of aromatic nitrogens is 1. The topological polar surface area (TPSA) is 54.3 Å². The van der Waals surface area contributed by atoms with Crippen LogP contribution in [0.3, 0.4) is 0 Å². The SMILES string of the molecule is Cc1c(CNCCC2=CCCCC2)c(C(=O)O)c(C)n1-c1ccc(Cl)cc1. The first-order valence-corrected chi connectivity index (χ1v) is 9.95. The van der Waals surface area contributed by atoms with E-state index >= 15 is 0 Å². The Balaban J connectivity index is 1.79. The number of allylic oxidation sites excluding steroid dienone is 1. The number of benzene rings is 1. The zero-order chi connectivity index (χ0) is 19.4. The maximum Gasteiger partial charge on any atom is 0.337 e. The monoisotopic (exact) mass is 386 g/mol. The lowest BCUT2D eigenvalue weighted by molar-refractivity contribution is 0.0695. The Morgan fingerprint density at radius 3 is 2.56 bits per heavy atom. The van der Waals surface area contributed by atoms with Crippen molar-refractivity contribution in [1.82, 2.24) is 9.88 Å². The average Bonchev–Trinajstić information content (AvgIpc) is 2.91. The van der Waals surface area contributed by atoms with Gasteiger partial charge in [-0.15, -0.1) is 0 Å². The Kier molecular flexibility index (Phi) is 6.40. The van der Waals surface area contributed by atoms with Crippen LogP contribution in [0.1, 0.15) is 59.4 Å². The second-order valence-electron chi connectivity index (χ2n) is 7.18. The predicted molar refractivity (Wildman–Crippen MR) is 110 cm³/mol. The first kappa shape index (κ1) is 19.7. The predicted octanol–water partition coefficient (Wildman–Crippen LogP) is 5.43. The second-order valence-corrected chi connectivity index (χ2v) is 7.61. The molecule has 4 nitrogen and oxygen atoms in total. The van der Waals surface area contributed by atoms with Gasteiger partial charge in [0.1, 0.15) is 0 Å². The minimum absolute atomic E-state index is 0.395. The lowest BCUT2D eigenvalue weighted by Gasteiger charge is -2.13. The Morgan fingerprint density at radius 2 is 1.93 bits per heavy atom. The molecule has 27 heavy (non-hydrogen) atoms. The summed E-state index contributed by atoms with van der Waals surface area (Å²) in [6, 6.07) is 7.49. The van der Waals surface area contributed by atoms with E-state index in [4.69, 9.17) is 11.6 Å². The van der Waals surface area contributed by atoms with Gasteiger partial charge in [-0.2, -0.15) is 0 Å². The number of hydrogen-bond donors (Lipinski definition) is 2. The molecule has 0 saturated heterocycles. The summed E-state index contributed by atoms with van der Waals surface area (Å²) in [6.07, 6.45) is 8.39. The molecule has 0 unspecified atom stereocenters. The van der Waals surface area contributed by atoms with Gasteiger partial charge >= 0.3 is 5.97 Å². The maximum absolute atomic E-state index is 11.9. The molecule has 5 heteroatoms. The summed E-state index contributed by atoms with van der Waals surface area (Å²) >= 11 is 6.00. The number of aromatic carboxylic acids is 1. The zero-order valence-electron chi connectivity index (χ0n) is 16.0. The molecular formula is C22H27ClN2O2. The van der Waals surface area contributed by atoms with Crippen LogP contribution in [0.5, 0.6) is 0 Å². The van der Waals surface area contributed by atoms with Crippen LogP contribution < -0.4 is 5.32 Å². The molecule has 1 aromatic heterocycles. The Hall–Kier alpha value is -2.04. The van der Waals surface area contributed by atoms with Crippen molar-refractivity contribution in [1.29, 1.82) is 0 Å². The van der Waals surface area contributed by atoms with Crippen LogP contribution in [0.15, 0.2) is 35.9 Å². The van der Waals surface area contributed by atoms with E-state index in [0.29, 0.717) is 17.1 Å². The van der Waals surface area contributed by atoms with Crippen molar-refractivity contribution in [3.63, 3.8) is 0 Å². The Labute approximate surface area is 165 Å². The molecule has 0 fully saturated rings. The summed E-state index contributed by atoms with van der Waals surface area (Å²) in [5, 5.41) is 13.9. The standard InChI is InChI=1S/C22H27ClN2O2/c1-15-20(14-24-13-12-17-6-4-3-5-7-17)21(22(26)27)16(2)25(15)19-10-8-18(23)9-11-19/h6,8-11,24H,3-5,7,12-14H2,1-2H3,(H,26,27). The Bertz CT molecular complexity index is 850. The summed E-state index contributed by atoms with van der Waals surface area (Å²) in [6.45, 7) is 5.27. The van der Waals surface area contributed by atoms with E-state index in [-0.39, 0.29) is 0 Å². The van der Waals surface area contributed by atoms with E-state index in [1.165, 1.54) is 31.3 Å². The van der Waals surface area contributed by atoms with E-state index in [2.05, 4.69) is 11.4 Å². The fourth-order valence-corrected chi connectivity index (χ4v) is 4.10. The largest absolute Gasteiger partial charge is 0.478 e. The summed E-state index contributed by atoms with van der Waals surface area (Å²) in [7, 11) is 0. The number of carboxylic acid groups (broad SMARTS) is 1. The van der Waals surface area contributed by atoms with Gasteiger partial charge in [0.25, 0.3) is 0 Å². The van der Waals surface area contributed by atoms with Crippen molar-refractivity contribution in [2.75, 3.05) is 6.54 Å². The molecule has 0 atom stereocenters. The van der Waals surface area contributed by atoms with Crippen LogP contribution in [0.25, 0.3) is 5.69 Å². The van der Waals surface area contributed by atoms with Gasteiger partial charge in [-0.25, -0.2) is 4.79 Å². The first-order valence-electron chi connectivity index (χ1n) is 9.57. The number of carboxylic acids is 1. The van der Waals surface area contributed by atoms with E-state index < -0.39 is 5.97 Å². The minimum Gasteiger partial charge on any atom is -0.478 e. The number of rotatable bonds is 7. The molecule has 144 valence electrons. The molecule has 0 bridgehead atoms. The maximum atomic E-state index is 11.9. The van der Waals surface area contributed by atoms with E-state index in [1.54, 1.807) is 0 Å². The normalized spacial score (nSPS) is 14.3. The second kappa shape index (κ2) is 8.77. The van der Waals surface area contributed by atoms with Crippen molar-refractivity contribution in [3.05, 3.63) is 63.5 Å². The van der Waals surface area contributed by atoms with Gasteiger partial charge in [0.05, 0.1) is 5.56 Å². The van der Waals surface area contributed by atoms with E-state index in [0.717, 1.165) is 35.6 Å². The molecule has 0 radical (unpaired) electrons. The van der Waals surface area contributed by atoms with Gasteiger partial charge in [0.15, 0.2) is 0 Å². The van der Waals surface area contributed by atoms with Gasteiger partial charge in [-0.05, 0) is 76.8 Å². The molecule has 1 aromatic carbocycles. The van der Waals surface area contributed by atoms with Crippen molar-refractivity contribution >= 4 is 17.6 Å². The number of nitrogens with one attached hydrogen (secondary N) is 1. The van der Waals surface area contributed by atoms with Crippen LogP contribution in [0, 0.1) is 13.8 Å². The van der Waals surface area contributed by atoms with E-state index in [9.17, 15) is 9.90 Å². The van der Waals surface area contributed by atoms with Crippen molar-refractivity contribution in [2.45, 2.75) is 52.5 Å². The van der Waals surface area contributed by atoms with Gasteiger partial charge in [-0.1, -0.05) is 23.3 Å². The smallest absolute Gasteiger partial charge is 0.337 e. The van der Waals surface area contributed by atoms with Crippen LogP contribution >= 0.6 is 11.6 Å². The molecule has 2 aromatic rings. The molecule has 1 heterocycles. The molecule has 0 amide bonds. The third kappa shape index (κ3) is 4.45. The summed E-state index contributed by atoms with van der Waals surface area (Å²) in [5.41, 5.74) is 5.40. The average molecular weight is 387 g/mol. The number of carbonyl (C=O) groups is 1. The number of nitrogens with zero attached hydrogens (tertiary/aromatic N) is 1. The molecule has 1 aliphatic rings. The minimum atomic E-state index is -0.880. The highest BCUT2D eigenvalue weighted by Gasteiger charge is 2.23. The molecule has 1 aliphatic carbocycles. The molecular weight excluding hydrogens is 360 g/mol. The lowest BCUT2D eigenvalue weighted by Crippen LogP contribution is -2.18. The van der Waals surface area contributed by atoms with Crippen LogP contribution in [0.2, 0.25) is 5.02 Å². The summed E-state index contributed by atoms with van der Waals surface area (Å²) in [5.74, 6) is -0.880. The fraction of sp³-hybridized carbons (Fsp3) is 0.409. The highest BCUT2D eigenvalue weighted by Crippen LogP contribution is 2.27. The summed E-state index contributed by atoms with van der Waals surface area (Å²) in [4.78, 5) is 11.9. The van der Waals surface area contributed by atoms with Crippen LogP contribution in [-0.4, -0.2) is 22.2 Å². The van der Waals surface area contributed by atoms with Gasteiger partial charge in [0.2, 0.25) is 0 Å². The highest BCUT2D eigenvalue weighted by molar-refractivity contribution is 6.30. The van der Waals surface area contributed by atoms with Gasteiger partial charge in [-0.3, -0.25) is 0 Å². The van der Waals surface area contributed by atoms with Gasteiger partial charge in [0, 0.05) is 34.2 Å².